The second kappa shape index (κ2) is 38.3. The van der Waals surface area contributed by atoms with Gasteiger partial charge >= 0.3 is 12.0 Å². The minimum Gasteiger partial charge on any atom is -0.489 e. The molecule has 89 heavy (non-hydrogen) atoms. The van der Waals surface area contributed by atoms with Crippen LogP contribution in [0, 0.1) is 5.92 Å². The number of anilines is 1. The first kappa shape index (κ1) is 70.7. The van der Waals surface area contributed by atoms with Crippen LogP contribution in [0.2, 0.25) is 0 Å². The molecule has 0 saturated heterocycles. The van der Waals surface area contributed by atoms with E-state index < -0.39 is 47.4 Å². The van der Waals surface area contributed by atoms with Crippen molar-refractivity contribution in [3.05, 3.63) is 97.1 Å². The summed E-state index contributed by atoms with van der Waals surface area (Å²) < 4.78 is 62.3. The Hall–Kier alpha value is -7.34. The molecule has 0 radical (unpaired) electrons. The number of carbonyl (C=O) groups excluding carboxylic acids is 5. The number of esters is 1. The zero-order valence-corrected chi connectivity index (χ0v) is 51.4. The summed E-state index contributed by atoms with van der Waals surface area (Å²) in [5, 5.41) is 26.5. The number of aliphatic hydroxyl groups is 1. The number of hydrogen-bond acceptors (Lipinski definition) is 20. The fraction of sp³-hybridized carbons (Fsp3) is 0.590. The van der Waals surface area contributed by atoms with E-state index in [0.717, 1.165) is 22.1 Å². The standard InChI is InChI=1S/C61H86N10O18/c1-5-45-46-36-44(13-14-50(46)67-55-47(45)38-71-52(55)37-49-48(58(71)75)40-89-59(76)61(49,78)6-2)88-39-42-9-11-43(12-10-42)66-56(73)51(8-7-16-64-60(62)77)68-57(74)54(41(3)4)69-53(72)15-18-79-20-22-81-24-26-83-28-30-85-32-34-87-35-33-86-31-29-84-27-25-82-23-21-80-19-17-65-70-63/h9-14,36-37,41,51,54,78H,5-8,15-35,38-40H2,1-4H3,(H,66,73)(H,68,74)(H,69,72)(H3,62,64,77)/t51-,54-,61-/m0/s1. The highest BCUT2D eigenvalue weighted by molar-refractivity contribution is 5.98. The highest BCUT2D eigenvalue weighted by Gasteiger charge is 2.45. The second-order valence-electron chi connectivity index (χ2n) is 21.0. The third-order valence-corrected chi connectivity index (χ3v) is 14.5. The minimum atomic E-state index is -1.92. The number of aromatic nitrogens is 2. The molecule has 0 bridgehead atoms. The maximum Gasteiger partial charge on any atom is 0.343 e. The molecule has 2 aliphatic rings. The lowest BCUT2D eigenvalue weighted by atomic mass is 9.86. The molecule has 4 heterocycles. The largest absolute Gasteiger partial charge is 0.489 e. The van der Waals surface area contributed by atoms with Gasteiger partial charge in [-0.25, -0.2) is 14.6 Å². The van der Waals surface area contributed by atoms with Gasteiger partial charge in [0.05, 0.1) is 148 Å². The van der Waals surface area contributed by atoms with Crippen LogP contribution in [0.1, 0.15) is 81.2 Å². The predicted molar refractivity (Wildman–Crippen MR) is 325 cm³/mol. The Labute approximate surface area is 517 Å². The van der Waals surface area contributed by atoms with Crippen LogP contribution in [0.3, 0.4) is 0 Å². The average molecular weight is 1250 g/mol. The van der Waals surface area contributed by atoms with Crippen molar-refractivity contribution in [3.63, 3.8) is 0 Å². The van der Waals surface area contributed by atoms with E-state index in [1.54, 1.807) is 55.7 Å². The van der Waals surface area contributed by atoms with Crippen molar-refractivity contribution >= 4 is 46.3 Å². The van der Waals surface area contributed by atoms with Crippen molar-refractivity contribution in [2.45, 2.75) is 97.2 Å². The normalized spacial score (nSPS) is 14.7. The summed E-state index contributed by atoms with van der Waals surface area (Å²) in [6.45, 7) is 14.8. The number of hydrogen-bond donors (Lipinski definition) is 6. The van der Waals surface area contributed by atoms with Crippen LogP contribution in [-0.4, -0.2) is 188 Å². The number of carbonyl (C=O) groups is 5. The van der Waals surface area contributed by atoms with Crippen LogP contribution < -0.4 is 37.3 Å². The molecule has 0 fully saturated rings. The smallest absolute Gasteiger partial charge is 0.343 e. The topological polar surface area (TPSA) is 365 Å². The third kappa shape index (κ3) is 22.3. The van der Waals surface area contributed by atoms with Crippen molar-refractivity contribution < 1.29 is 81.2 Å². The Morgan fingerprint density at radius 2 is 1.34 bits per heavy atom. The first-order valence-corrected chi connectivity index (χ1v) is 30.2. The first-order valence-electron chi connectivity index (χ1n) is 30.2. The number of nitrogens with two attached hydrogens (primary N) is 1. The van der Waals surface area contributed by atoms with Gasteiger partial charge in [-0.15, -0.1) is 0 Å². The van der Waals surface area contributed by atoms with Crippen molar-refractivity contribution in [2.24, 2.45) is 16.8 Å². The lowest BCUT2D eigenvalue weighted by molar-refractivity contribution is -0.172. The highest BCUT2D eigenvalue weighted by Crippen LogP contribution is 2.41. The Morgan fingerprint density at radius 1 is 0.764 bits per heavy atom. The Balaban J connectivity index is 0.843. The molecule has 2 aliphatic heterocycles. The van der Waals surface area contributed by atoms with E-state index in [9.17, 15) is 33.9 Å². The number of rotatable bonds is 45. The van der Waals surface area contributed by atoms with Gasteiger partial charge in [0, 0.05) is 46.6 Å². The molecule has 0 spiro atoms. The number of ether oxygens (including phenoxy) is 11. The number of primary amides is 1. The maximum atomic E-state index is 13.8. The third-order valence-electron chi connectivity index (χ3n) is 14.5. The van der Waals surface area contributed by atoms with E-state index in [-0.39, 0.29) is 88.0 Å². The molecule has 488 valence electrons. The van der Waals surface area contributed by atoms with E-state index in [0.29, 0.717) is 147 Å². The maximum absolute atomic E-state index is 13.8. The zero-order chi connectivity index (χ0) is 63.8. The Morgan fingerprint density at radius 3 is 1.88 bits per heavy atom. The number of cyclic esters (lactones) is 1. The summed E-state index contributed by atoms with van der Waals surface area (Å²) >= 11 is 0. The number of nitrogens with zero attached hydrogens (tertiary/aromatic N) is 5. The minimum absolute atomic E-state index is 0.0178. The van der Waals surface area contributed by atoms with Gasteiger partial charge in [0.2, 0.25) is 17.7 Å². The van der Waals surface area contributed by atoms with E-state index >= 15 is 0 Å². The fourth-order valence-corrected chi connectivity index (χ4v) is 9.72. The predicted octanol–water partition coefficient (Wildman–Crippen LogP) is 4.08. The SMILES string of the molecule is CCc1c2c(nc3ccc(OCc4ccc(NC(=O)[C@H](CCCNC(N)=O)NC(=O)[C@@H](NC(=O)CCOCCOCCOCCOCCOCCOCCOCCOCCOCCN=[N+]=[N-])C(C)C)cc4)cc13)-c1cc3c(c(=O)n1C2)COC(=O)[C@]3(O)CC. The number of pyridine rings is 2. The Bertz CT molecular complexity index is 3030. The van der Waals surface area contributed by atoms with Crippen LogP contribution >= 0.6 is 0 Å². The van der Waals surface area contributed by atoms with Gasteiger partial charge in [0.15, 0.2) is 5.60 Å². The van der Waals surface area contributed by atoms with Crippen LogP contribution in [-0.2, 0) is 98.3 Å². The summed E-state index contributed by atoms with van der Waals surface area (Å²) in [6, 6.07) is 11.6. The molecule has 0 unspecified atom stereocenters. The molecule has 5 amide bonds. The van der Waals surface area contributed by atoms with E-state index in [2.05, 4.69) is 31.3 Å². The van der Waals surface area contributed by atoms with E-state index in [1.807, 2.05) is 25.1 Å². The van der Waals surface area contributed by atoms with Crippen molar-refractivity contribution in [3.8, 4) is 17.1 Å². The quantitative estimate of drug-likeness (QED) is 0.0105. The molecular weight excluding hydrogens is 1160 g/mol. The van der Waals surface area contributed by atoms with Crippen molar-refractivity contribution in [1.82, 2.24) is 25.5 Å². The van der Waals surface area contributed by atoms with Crippen LogP contribution in [0.4, 0.5) is 10.5 Å². The van der Waals surface area contributed by atoms with Gasteiger partial charge in [0.25, 0.3) is 5.56 Å². The molecule has 3 atom stereocenters. The molecule has 6 rings (SSSR count). The first-order chi connectivity index (χ1) is 43.2. The summed E-state index contributed by atoms with van der Waals surface area (Å²) in [5.74, 6) is -2.01. The number of azide groups is 1. The number of benzene rings is 2. The monoisotopic (exact) mass is 1250 g/mol. The van der Waals surface area contributed by atoms with Crippen molar-refractivity contribution in [1.29, 1.82) is 0 Å². The van der Waals surface area contributed by atoms with E-state index in [1.165, 1.54) is 0 Å². The number of aryl methyl sites for hydroxylation is 1. The summed E-state index contributed by atoms with van der Waals surface area (Å²) in [5.41, 5.74) is 16.7. The molecule has 28 heteroatoms. The molecule has 28 nitrogen and oxygen atoms in total. The number of nitrogens with one attached hydrogen (secondary N) is 4. The molecular formula is C61H86N10O18. The van der Waals surface area contributed by atoms with Gasteiger partial charge in [0.1, 0.15) is 31.0 Å². The zero-order valence-electron chi connectivity index (χ0n) is 51.4. The van der Waals surface area contributed by atoms with Gasteiger partial charge in [-0.1, -0.05) is 44.9 Å². The van der Waals surface area contributed by atoms with Gasteiger partial charge in [-0.3, -0.25) is 19.2 Å². The van der Waals surface area contributed by atoms with Crippen LogP contribution in [0.25, 0.3) is 32.7 Å². The lowest BCUT2D eigenvalue weighted by Gasteiger charge is -2.31. The molecule has 2 aromatic carbocycles. The number of fused-ring (bicyclic) bond motifs is 5. The van der Waals surface area contributed by atoms with Gasteiger partial charge in [-0.2, -0.15) is 0 Å². The van der Waals surface area contributed by atoms with Gasteiger partial charge in [-0.05, 0) is 84.7 Å². The Kier molecular flexibility index (Phi) is 30.4. The van der Waals surface area contributed by atoms with Gasteiger partial charge < -0.3 is 88.8 Å². The highest BCUT2D eigenvalue weighted by atomic mass is 16.6. The molecule has 2 aromatic heterocycles. The number of urea groups is 1. The molecule has 0 aliphatic carbocycles. The summed E-state index contributed by atoms with van der Waals surface area (Å²) in [6.07, 6.45) is 1.12. The average Bonchev–Trinajstić information content (AvgIpc) is 1.65. The number of amides is 5. The molecule has 0 saturated carbocycles. The fourth-order valence-electron chi connectivity index (χ4n) is 9.72. The molecule has 4 aromatic rings. The summed E-state index contributed by atoms with van der Waals surface area (Å²) in [7, 11) is 0. The lowest BCUT2D eigenvalue weighted by Crippen LogP contribution is -2.54. The van der Waals surface area contributed by atoms with Crippen LogP contribution in [0.5, 0.6) is 5.75 Å². The second-order valence-corrected chi connectivity index (χ2v) is 21.0. The van der Waals surface area contributed by atoms with Crippen LogP contribution in [0.15, 0.2) is 58.4 Å². The van der Waals surface area contributed by atoms with Crippen molar-refractivity contribution in [2.75, 3.05) is 137 Å². The summed E-state index contributed by atoms with van der Waals surface area (Å²) in [4.78, 5) is 86.0. The molecule has 7 N–H and O–H groups in total. The van der Waals surface area contributed by atoms with E-state index in [4.69, 9.17) is 68.4 Å².